The van der Waals surface area contributed by atoms with Crippen LogP contribution in [0, 0.1) is 23.6 Å². The highest BCUT2D eigenvalue weighted by molar-refractivity contribution is 5.79. The summed E-state index contributed by atoms with van der Waals surface area (Å²) in [5.41, 5.74) is 7.01. The van der Waals surface area contributed by atoms with Gasteiger partial charge in [0, 0.05) is 25.7 Å². The lowest BCUT2D eigenvalue weighted by Gasteiger charge is -2.34. The van der Waals surface area contributed by atoms with Crippen LogP contribution in [0.1, 0.15) is 30.4 Å². The zero-order chi connectivity index (χ0) is 22.0. The van der Waals surface area contributed by atoms with Gasteiger partial charge in [-0.1, -0.05) is 12.1 Å². The average molecular weight is 435 g/mol. The van der Waals surface area contributed by atoms with Gasteiger partial charge in [0.05, 0.1) is 32.7 Å². The molecule has 31 heavy (non-hydrogen) atoms. The van der Waals surface area contributed by atoms with Crippen molar-refractivity contribution in [3.8, 4) is 0 Å². The van der Waals surface area contributed by atoms with Crippen LogP contribution in [0.2, 0.25) is 0 Å². The van der Waals surface area contributed by atoms with Crippen LogP contribution >= 0.6 is 0 Å². The van der Waals surface area contributed by atoms with Gasteiger partial charge in [-0.2, -0.15) is 0 Å². The summed E-state index contributed by atoms with van der Waals surface area (Å²) < 4.78 is 33.1. The molecule has 0 aromatic heterocycles. The lowest BCUT2D eigenvalue weighted by Crippen LogP contribution is -2.52. The number of carbonyl (C=O) groups is 1. The maximum absolute atomic E-state index is 14.4. The third kappa shape index (κ3) is 5.34. The van der Waals surface area contributed by atoms with Gasteiger partial charge in [-0.15, -0.1) is 0 Å². The number of alkyl halides is 1. The first-order chi connectivity index (χ1) is 14.9. The molecular weight excluding hydrogens is 402 g/mol. The van der Waals surface area contributed by atoms with Crippen molar-refractivity contribution in [1.82, 2.24) is 9.80 Å². The summed E-state index contributed by atoms with van der Waals surface area (Å²) in [4.78, 5) is 19.7. The van der Waals surface area contributed by atoms with Crippen LogP contribution in [0.5, 0.6) is 0 Å². The zero-order valence-electron chi connectivity index (χ0n) is 18.1. The predicted octanol–water partition coefficient (Wildman–Crippen LogP) is 2.36. The second-order valence-electron chi connectivity index (χ2n) is 9.08. The highest BCUT2D eigenvalue weighted by atomic mass is 19.1. The molecule has 0 bridgehead atoms. The fourth-order valence-electron chi connectivity index (χ4n) is 4.79. The van der Waals surface area contributed by atoms with Gasteiger partial charge in [0.15, 0.2) is 5.96 Å². The maximum atomic E-state index is 14.4. The average Bonchev–Trinajstić information content (AvgIpc) is 3.52. The van der Waals surface area contributed by atoms with Crippen molar-refractivity contribution in [2.24, 2.45) is 28.5 Å². The Morgan fingerprint density at radius 3 is 2.65 bits per heavy atom. The second-order valence-corrected chi connectivity index (χ2v) is 9.08. The molecule has 2 atom stereocenters. The Morgan fingerprint density at radius 1 is 1.26 bits per heavy atom. The number of piperidine rings is 1. The summed E-state index contributed by atoms with van der Waals surface area (Å²) in [6.45, 7) is 3.11. The molecule has 0 spiro atoms. The minimum absolute atomic E-state index is 0.100. The molecule has 3 fully saturated rings. The van der Waals surface area contributed by atoms with Crippen LogP contribution in [0.15, 0.2) is 23.2 Å². The Bertz CT molecular complexity index is 820. The Morgan fingerprint density at radius 2 is 2.00 bits per heavy atom. The molecule has 1 amide bonds. The summed E-state index contributed by atoms with van der Waals surface area (Å²) in [6, 6.07) is 4.83. The molecule has 1 aromatic rings. The van der Waals surface area contributed by atoms with Crippen LogP contribution < -0.4 is 5.73 Å². The molecule has 1 saturated carbocycles. The van der Waals surface area contributed by atoms with Crippen molar-refractivity contribution in [1.29, 1.82) is 0 Å². The normalized spacial score (nSPS) is 24.9. The van der Waals surface area contributed by atoms with E-state index in [1.165, 1.54) is 17.4 Å². The molecule has 2 aliphatic heterocycles. The lowest BCUT2D eigenvalue weighted by atomic mass is 9.91. The zero-order valence-corrected chi connectivity index (χ0v) is 18.1. The van der Waals surface area contributed by atoms with Gasteiger partial charge in [-0.3, -0.25) is 9.79 Å². The number of hydrogen-bond donors (Lipinski definition) is 1. The minimum Gasteiger partial charge on any atom is -0.376 e. The molecule has 2 unspecified atom stereocenters. The number of nitrogens with two attached hydrogens (primary N) is 1. The van der Waals surface area contributed by atoms with Crippen molar-refractivity contribution in [2.75, 3.05) is 39.8 Å². The first-order valence-corrected chi connectivity index (χ1v) is 11.2. The van der Waals surface area contributed by atoms with Gasteiger partial charge in [-0.25, -0.2) is 8.78 Å². The van der Waals surface area contributed by atoms with E-state index >= 15 is 0 Å². The molecule has 3 aliphatic rings. The summed E-state index contributed by atoms with van der Waals surface area (Å²) >= 11 is 0. The van der Waals surface area contributed by atoms with Crippen molar-refractivity contribution in [2.45, 2.75) is 38.5 Å². The summed E-state index contributed by atoms with van der Waals surface area (Å²) in [5, 5.41) is 0. The van der Waals surface area contributed by atoms with Gasteiger partial charge in [0.2, 0.25) is 5.91 Å². The fourth-order valence-corrected chi connectivity index (χ4v) is 4.79. The smallest absolute Gasteiger partial charge is 0.227 e. The Kier molecular flexibility index (Phi) is 6.74. The number of likely N-dealkylation sites (tertiary alicyclic amines) is 2. The number of halogens is 2. The van der Waals surface area contributed by atoms with E-state index in [2.05, 4.69) is 9.89 Å². The molecular formula is C23H32F2N4O2. The molecule has 2 N–H and O–H groups in total. The van der Waals surface area contributed by atoms with E-state index < -0.39 is 6.17 Å². The molecule has 1 aromatic carbocycles. The highest BCUT2D eigenvalue weighted by Gasteiger charge is 2.43. The van der Waals surface area contributed by atoms with Gasteiger partial charge in [-0.05, 0) is 48.6 Å². The number of carbonyl (C=O) groups excluding carboxylic acids is 1. The summed E-state index contributed by atoms with van der Waals surface area (Å²) in [5.74, 6) is 2.08. The van der Waals surface area contributed by atoms with Crippen molar-refractivity contribution < 1.29 is 18.3 Å². The van der Waals surface area contributed by atoms with Gasteiger partial charge in [0.25, 0.3) is 0 Å². The van der Waals surface area contributed by atoms with Crippen molar-refractivity contribution in [3.63, 3.8) is 0 Å². The predicted molar refractivity (Wildman–Crippen MR) is 115 cm³/mol. The molecule has 170 valence electrons. The Hall–Kier alpha value is -2.22. The molecule has 4 rings (SSSR count). The lowest BCUT2D eigenvalue weighted by molar-refractivity contribution is -0.137. The molecule has 2 heterocycles. The fraction of sp³-hybridized carbons (Fsp3) is 0.652. The van der Waals surface area contributed by atoms with E-state index in [9.17, 15) is 13.6 Å². The molecule has 2 saturated heterocycles. The monoisotopic (exact) mass is 434 g/mol. The van der Waals surface area contributed by atoms with E-state index in [1.54, 1.807) is 19.2 Å². The summed E-state index contributed by atoms with van der Waals surface area (Å²) in [6.07, 6.45) is 2.63. The maximum Gasteiger partial charge on any atom is 0.227 e. The van der Waals surface area contributed by atoms with Gasteiger partial charge < -0.3 is 20.3 Å². The van der Waals surface area contributed by atoms with E-state index in [0.717, 1.165) is 25.9 Å². The number of nitrogens with zero attached hydrogens (tertiary/aromatic N) is 3. The number of ether oxygens (including phenoxy) is 1. The van der Waals surface area contributed by atoms with Crippen molar-refractivity contribution >= 4 is 11.9 Å². The second kappa shape index (κ2) is 9.51. The number of hydrogen-bond acceptors (Lipinski definition) is 3. The standard InChI is InChI=1S/C23H32F2N4O2/c1-27-23(26)28-6-4-16(5-7-28)20-10-18(20)14-31-13-17-3-2-15(8-21(17)25)9-22(30)29-11-19(24)12-29/h2-3,8,16,18-20H,4-7,9-14H2,1H3,(H2,26,27). The molecule has 1 aliphatic carbocycles. The van der Waals surface area contributed by atoms with E-state index in [4.69, 9.17) is 10.5 Å². The van der Waals surface area contributed by atoms with Gasteiger partial charge in [0.1, 0.15) is 12.0 Å². The number of guanidine groups is 1. The first kappa shape index (κ1) is 22.0. The Labute approximate surface area is 182 Å². The number of amides is 1. The molecule has 6 nitrogen and oxygen atoms in total. The highest BCUT2D eigenvalue weighted by Crippen LogP contribution is 2.48. The summed E-state index contributed by atoms with van der Waals surface area (Å²) in [7, 11) is 1.72. The van der Waals surface area contributed by atoms with Crippen LogP contribution in [-0.2, 0) is 22.6 Å². The molecule has 0 radical (unpaired) electrons. The quantitative estimate of drug-likeness (QED) is 0.528. The van der Waals surface area contributed by atoms with Crippen molar-refractivity contribution in [3.05, 3.63) is 35.1 Å². The molecule has 8 heteroatoms. The topological polar surface area (TPSA) is 71.2 Å². The third-order valence-electron chi connectivity index (χ3n) is 6.93. The number of aliphatic imine (C=N–C) groups is 1. The largest absolute Gasteiger partial charge is 0.376 e. The van der Waals surface area contributed by atoms with Crippen LogP contribution in [-0.4, -0.2) is 67.7 Å². The van der Waals surface area contributed by atoms with Crippen LogP contribution in [0.4, 0.5) is 8.78 Å². The number of benzene rings is 1. The third-order valence-corrected chi connectivity index (χ3v) is 6.93. The minimum atomic E-state index is -0.923. The van der Waals surface area contributed by atoms with E-state index in [0.29, 0.717) is 41.4 Å². The van der Waals surface area contributed by atoms with Gasteiger partial charge >= 0.3 is 0 Å². The van der Waals surface area contributed by atoms with Crippen LogP contribution in [0.25, 0.3) is 0 Å². The first-order valence-electron chi connectivity index (χ1n) is 11.2. The van der Waals surface area contributed by atoms with Crippen LogP contribution in [0.3, 0.4) is 0 Å². The van der Waals surface area contributed by atoms with E-state index in [-0.39, 0.29) is 37.8 Å². The SMILES string of the molecule is CN=C(N)N1CCC(C2CC2COCc2ccc(CC(=O)N3CC(F)C3)cc2F)CC1. The Balaban J connectivity index is 1.17. The number of rotatable bonds is 7. The van der Waals surface area contributed by atoms with E-state index in [1.807, 2.05) is 0 Å².